The molecule has 0 bridgehead atoms. The van der Waals surface area contributed by atoms with Crippen LogP contribution in [0, 0.1) is 11.3 Å². The van der Waals surface area contributed by atoms with E-state index >= 15 is 0 Å². The van der Waals surface area contributed by atoms with Crippen LogP contribution in [0.4, 0.5) is 0 Å². The number of hydrogen-bond acceptors (Lipinski definition) is 3. The lowest BCUT2D eigenvalue weighted by Gasteiger charge is -2.33. The molecule has 1 saturated carbocycles. The predicted octanol–water partition coefficient (Wildman–Crippen LogP) is 1.31. The van der Waals surface area contributed by atoms with E-state index in [0.29, 0.717) is 13.2 Å². The summed E-state index contributed by atoms with van der Waals surface area (Å²) < 4.78 is 5.31. The zero-order valence-corrected chi connectivity index (χ0v) is 11.6. The van der Waals surface area contributed by atoms with Crippen LogP contribution < -0.4 is 10.6 Å². The molecule has 104 valence electrons. The third-order valence-corrected chi connectivity index (χ3v) is 4.42. The highest BCUT2D eigenvalue weighted by Crippen LogP contribution is 2.38. The Kier molecular flexibility index (Phi) is 4.62. The molecule has 2 rings (SSSR count). The summed E-state index contributed by atoms with van der Waals surface area (Å²) in [6.07, 6.45) is 5.32. The van der Waals surface area contributed by atoms with Gasteiger partial charge < -0.3 is 15.4 Å². The lowest BCUT2D eigenvalue weighted by Crippen LogP contribution is -2.52. The maximum atomic E-state index is 12.0. The molecule has 0 aromatic carbocycles. The van der Waals surface area contributed by atoms with Crippen LogP contribution in [0.15, 0.2) is 0 Å². The predicted molar refractivity (Wildman–Crippen MR) is 71.4 cm³/mol. The highest BCUT2D eigenvalue weighted by molar-refractivity contribution is 5.82. The Morgan fingerprint density at radius 1 is 1.39 bits per heavy atom. The van der Waals surface area contributed by atoms with Gasteiger partial charge in [0.1, 0.15) is 6.04 Å². The Labute approximate surface area is 110 Å². The lowest BCUT2D eigenvalue weighted by molar-refractivity contribution is -0.126. The Morgan fingerprint density at radius 2 is 2.11 bits per heavy atom. The van der Waals surface area contributed by atoms with Crippen molar-refractivity contribution in [2.24, 2.45) is 11.3 Å². The van der Waals surface area contributed by atoms with Gasteiger partial charge in [-0.15, -0.1) is 0 Å². The molecule has 0 aromatic rings. The molecule has 1 aliphatic carbocycles. The van der Waals surface area contributed by atoms with Crippen LogP contribution in [-0.2, 0) is 9.53 Å². The topological polar surface area (TPSA) is 50.4 Å². The molecule has 1 heterocycles. The number of ether oxygens (including phenoxy) is 1. The van der Waals surface area contributed by atoms with Gasteiger partial charge in [0, 0.05) is 13.1 Å². The highest BCUT2D eigenvalue weighted by atomic mass is 16.5. The quantitative estimate of drug-likeness (QED) is 0.795. The van der Waals surface area contributed by atoms with Gasteiger partial charge in [-0.05, 0) is 24.2 Å². The second kappa shape index (κ2) is 6.02. The molecule has 2 aliphatic rings. The molecule has 1 amide bonds. The first-order valence-corrected chi connectivity index (χ1v) is 7.18. The monoisotopic (exact) mass is 254 g/mol. The molecule has 1 unspecified atom stereocenters. The van der Waals surface area contributed by atoms with E-state index in [4.69, 9.17) is 4.74 Å². The molecular weight excluding hydrogens is 228 g/mol. The Bertz CT molecular complexity index is 280. The van der Waals surface area contributed by atoms with Gasteiger partial charge in [-0.2, -0.15) is 0 Å². The number of amides is 1. The van der Waals surface area contributed by atoms with Crippen molar-refractivity contribution in [2.45, 2.75) is 45.6 Å². The van der Waals surface area contributed by atoms with E-state index in [2.05, 4.69) is 24.5 Å². The van der Waals surface area contributed by atoms with Crippen molar-refractivity contribution in [1.29, 1.82) is 0 Å². The van der Waals surface area contributed by atoms with Gasteiger partial charge in [-0.25, -0.2) is 0 Å². The van der Waals surface area contributed by atoms with E-state index in [0.717, 1.165) is 19.0 Å². The van der Waals surface area contributed by atoms with Crippen LogP contribution in [-0.4, -0.2) is 38.3 Å². The molecule has 4 heteroatoms. The van der Waals surface area contributed by atoms with Crippen LogP contribution in [0.1, 0.15) is 39.5 Å². The van der Waals surface area contributed by atoms with Gasteiger partial charge in [0.05, 0.1) is 13.2 Å². The summed E-state index contributed by atoms with van der Waals surface area (Å²) in [6, 6.07) is -0.168. The lowest BCUT2D eigenvalue weighted by atomic mass is 9.77. The number of hydrogen-bond donors (Lipinski definition) is 2. The molecule has 1 aliphatic heterocycles. The van der Waals surface area contributed by atoms with Gasteiger partial charge in [0.2, 0.25) is 5.91 Å². The summed E-state index contributed by atoms with van der Waals surface area (Å²) in [7, 11) is 0. The van der Waals surface area contributed by atoms with Crippen molar-refractivity contribution in [1.82, 2.24) is 10.6 Å². The molecule has 2 fully saturated rings. The third kappa shape index (κ3) is 3.45. The van der Waals surface area contributed by atoms with Crippen molar-refractivity contribution in [3.63, 3.8) is 0 Å². The number of carbonyl (C=O) groups excluding carboxylic acids is 1. The first-order valence-electron chi connectivity index (χ1n) is 7.18. The van der Waals surface area contributed by atoms with Crippen LogP contribution in [0.25, 0.3) is 0 Å². The fourth-order valence-corrected chi connectivity index (χ4v) is 3.02. The van der Waals surface area contributed by atoms with Gasteiger partial charge in [0.25, 0.3) is 0 Å². The third-order valence-electron chi connectivity index (χ3n) is 4.42. The summed E-state index contributed by atoms with van der Waals surface area (Å²) in [4.78, 5) is 12.0. The van der Waals surface area contributed by atoms with E-state index in [9.17, 15) is 4.79 Å². The van der Waals surface area contributed by atoms with Crippen molar-refractivity contribution < 1.29 is 9.53 Å². The van der Waals surface area contributed by atoms with Crippen molar-refractivity contribution in [3.05, 3.63) is 0 Å². The first kappa shape index (κ1) is 13.8. The maximum absolute atomic E-state index is 12.0. The van der Waals surface area contributed by atoms with E-state index in [-0.39, 0.29) is 17.4 Å². The van der Waals surface area contributed by atoms with Crippen molar-refractivity contribution in [3.8, 4) is 0 Å². The molecule has 0 spiro atoms. The van der Waals surface area contributed by atoms with E-state index in [1.54, 1.807) is 0 Å². The molecule has 2 N–H and O–H groups in total. The largest absolute Gasteiger partial charge is 0.378 e. The van der Waals surface area contributed by atoms with Crippen LogP contribution in [0.5, 0.6) is 0 Å². The van der Waals surface area contributed by atoms with E-state index < -0.39 is 0 Å². The standard InChI is InChI=1S/C14H26N2O2/c1-14(2,11-5-3-4-6-11)10-16-13(17)12-9-18-8-7-15-12/h11-12,15H,3-10H2,1-2H3,(H,16,17). The fraction of sp³-hybridized carbons (Fsp3) is 0.929. The van der Waals surface area contributed by atoms with Crippen LogP contribution in [0.2, 0.25) is 0 Å². The number of nitrogens with one attached hydrogen (secondary N) is 2. The number of rotatable bonds is 4. The minimum Gasteiger partial charge on any atom is -0.378 e. The molecule has 4 nitrogen and oxygen atoms in total. The number of carbonyl (C=O) groups is 1. The Balaban J connectivity index is 1.77. The normalized spacial score (nSPS) is 26.2. The molecule has 1 saturated heterocycles. The molecule has 18 heavy (non-hydrogen) atoms. The fourth-order valence-electron chi connectivity index (χ4n) is 3.02. The van der Waals surface area contributed by atoms with Crippen LogP contribution in [0.3, 0.4) is 0 Å². The first-order chi connectivity index (χ1) is 8.59. The van der Waals surface area contributed by atoms with Gasteiger partial charge in [0.15, 0.2) is 0 Å². The molecule has 0 radical (unpaired) electrons. The van der Waals surface area contributed by atoms with Gasteiger partial charge >= 0.3 is 0 Å². The average molecular weight is 254 g/mol. The molecule has 1 atom stereocenters. The second-order valence-electron chi connectivity index (χ2n) is 6.27. The minimum atomic E-state index is -0.168. The summed E-state index contributed by atoms with van der Waals surface area (Å²) in [5.41, 5.74) is 0.210. The van der Waals surface area contributed by atoms with Crippen molar-refractivity contribution in [2.75, 3.05) is 26.3 Å². The Hall–Kier alpha value is -0.610. The molecular formula is C14H26N2O2. The van der Waals surface area contributed by atoms with E-state index in [1.807, 2.05) is 0 Å². The highest BCUT2D eigenvalue weighted by Gasteiger charge is 2.32. The molecule has 0 aromatic heterocycles. The smallest absolute Gasteiger partial charge is 0.239 e. The summed E-state index contributed by atoms with van der Waals surface area (Å²) >= 11 is 0. The zero-order chi connectivity index (χ0) is 13.0. The summed E-state index contributed by atoms with van der Waals surface area (Å²) in [5, 5.41) is 6.28. The minimum absolute atomic E-state index is 0.0840. The second-order valence-corrected chi connectivity index (χ2v) is 6.27. The zero-order valence-electron chi connectivity index (χ0n) is 11.6. The van der Waals surface area contributed by atoms with Gasteiger partial charge in [-0.3, -0.25) is 4.79 Å². The number of morpholine rings is 1. The van der Waals surface area contributed by atoms with Crippen LogP contribution >= 0.6 is 0 Å². The summed E-state index contributed by atoms with van der Waals surface area (Å²) in [6.45, 7) is 7.29. The average Bonchev–Trinajstić information content (AvgIpc) is 2.92. The van der Waals surface area contributed by atoms with E-state index in [1.165, 1.54) is 25.7 Å². The van der Waals surface area contributed by atoms with Gasteiger partial charge in [-0.1, -0.05) is 26.7 Å². The SMILES string of the molecule is CC(C)(CNC(=O)C1COCCN1)C1CCCC1. The summed E-state index contributed by atoms with van der Waals surface area (Å²) in [5.74, 6) is 0.842. The van der Waals surface area contributed by atoms with Crippen molar-refractivity contribution >= 4 is 5.91 Å². The maximum Gasteiger partial charge on any atom is 0.239 e. The Morgan fingerprint density at radius 3 is 2.72 bits per heavy atom.